The summed E-state index contributed by atoms with van der Waals surface area (Å²) in [5, 5.41) is 12.6. The van der Waals surface area contributed by atoms with Gasteiger partial charge in [0.05, 0.1) is 0 Å². The molecule has 0 aromatic heterocycles. The van der Waals surface area contributed by atoms with Gasteiger partial charge in [0.25, 0.3) is 0 Å². The molecule has 1 aliphatic rings. The molecule has 2 nitrogen and oxygen atoms in total. The molecule has 2 N–H and O–H groups in total. The van der Waals surface area contributed by atoms with Crippen molar-refractivity contribution in [2.45, 2.75) is 58.4 Å². The van der Waals surface area contributed by atoms with E-state index in [2.05, 4.69) is 19.2 Å². The zero-order chi connectivity index (χ0) is 11.1. The van der Waals surface area contributed by atoms with Crippen LogP contribution < -0.4 is 5.32 Å². The van der Waals surface area contributed by atoms with Crippen LogP contribution in [0.25, 0.3) is 0 Å². The largest absolute Gasteiger partial charge is 0.396 e. The van der Waals surface area contributed by atoms with Crippen LogP contribution in [-0.4, -0.2) is 24.3 Å². The maximum absolute atomic E-state index is 8.98. The monoisotopic (exact) mass is 213 g/mol. The van der Waals surface area contributed by atoms with E-state index in [9.17, 15) is 0 Å². The van der Waals surface area contributed by atoms with E-state index in [0.717, 1.165) is 18.9 Å². The lowest BCUT2D eigenvalue weighted by molar-refractivity contribution is 0.233. The van der Waals surface area contributed by atoms with Crippen molar-refractivity contribution >= 4 is 0 Å². The van der Waals surface area contributed by atoms with Crippen molar-refractivity contribution in [3.8, 4) is 0 Å². The molecule has 1 atom stereocenters. The maximum atomic E-state index is 8.98. The van der Waals surface area contributed by atoms with Gasteiger partial charge in [-0.2, -0.15) is 0 Å². The molecule has 2 heteroatoms. The average molecular weight is 213 g/mol. The Morgan fingerprint density at radius 3 is 2.40 bits per heavy atom. The fourth-order valence-electron chi connectivity index (χ4n) is 2.52. The molecular weight excluding hydrogens is 186 g/mol. The molecule has 0 aromatic rings. The minimum atomic E-state index is 0.306. The summed E-state index contributed by atoms with van der Waals surface area (Å²) in [4.78, 5) is 0. The third-order valence-corrected chi connectivity index (χ3v) is 3.64. The zero-order valence-corrected chi connectivity index (χ0v) is 10.3. The number of aliphatic hydroxyl groups is 1. The van der Waals surface area contributed by atoms with E-state index in [4.69, 9.17) is 5.11 Å². The lowest BCUT2D eigenvalue weighted by Crippen LogP contribution is -2.38. The van der Waals surface area contributed by atoms with Crippen LogP contribution in [0.1, 0.15) is 52.4 Å². The predicted octanol–water partition coefficient (Wildman–Crippen LogP) is 2.56. The van der Waals surface area contributed by atoms with Gasteiger partial charge >= 0.3 is 0 Å². The predicted molar refractivity (Wildman–Crippen MR) is 64.9 cm³/mol. The molecule has 0 spiro atoms. The van der Waals surface area contributed by atoms with Crippen LogP contribution >= 0.6 is 0 Å². The van der Waals surface area contributed by atoms with Crippen LogP contribution in [0.3, 0.4) is 0 Å². The average Bonchev–Trinajstić information content (AvgIpc) is 2.25. The Morgan fingerprint density at radius 1 is 1.20 bits per heavy atom. The van der Waals surface area contributed by atoms with Crippen molar-refractivity contribution in [2.24, 2.45) is 11.8 Å². The Balaban J connectivity index is 2.19. The SMILES string of the molecule is CC(C)C(CCO)NCC1CCCCC1. The number of hydrogen-bond acceptors (Lipinski definition) is 2. The van der Waals surface area contributed by atoms with Gasteiger partial charge in [-0.05, 0) is 37.6 Å². The van der Waals surface area contributed by atoms with Crippen LogP contribution in [0, 0.1) is 11.8 Å². The van der Waals surface area contributed by atoms with Crippen molar-refractivity contribution in [3.63, 3.8) is 0 Å². The van der Waals surface area contributed by atoms with Gasteiger partial charge in [-0.3, -0.25) is 0 Å². The fourth-order valence-corrected chi connectivity index (χ4v) is 2.52. The minimum absolute atomic E-state index is 0.306. The van der Waals surface area contributed by atoms with E-state index < -0.39 is 0 Å². The first-order chi connectivity index (χ1) is 7.24. The molecule has 0 saturated heterocycles. The van der Waals surface area contributed by atoms with Crippen LogP contribution in [-0.2, 0) is 0 Å². The van der Waals surface area contributed by atoms with Gasteiger partial charge in [0.1, 0.15) is 0 Å². The van der Waals surface area contributed by atoms with Crippen LogP contribution in [0.15, 0.2) is 0 Å². The zero-order valence-electron chi connectivity index (χ0n) is 10.3. The van der Waals surface area contributed by atoms with Gasteiger partial charge in [-0.25, -0.2) is 0 Å². The first-order valence-electron chi connectivity index (χ1n) is 6.58. The molecule has 0 amide bonds. The van der Waals surface area contributed by atoms with Crippen LogP contribution in [0.4, 0.5) is 0 Å². The lowest BCUT2D eigenvalue weighted by Gasteiger charge is -2.27. The molecule has 0 aromatic carbocycles. The molecule has 0 radical (unpaired) electrons. The highest BCUT2D eigenvalue weighted by atomic mass is 16.3. The Bertz CT molecular complexity index is 153. The highest BCUT2D eigenvalue weighted by Gasteiger charge is 2.17. The third kappa shape index (κ3) is 4.98. The quantitative estimate of drug-likeness (QED) is 0.711. The second kappa shape index (κ2) is 7.24. The molecule has 0 heterocycles. The first-order valence-corrected chi connectivity index (χ1v) is 6.58. The summed E-state index contributed by atoms with van der Waals surface area (Å²) >= 11 is 0. The smallest absolute Gasteiger partial charge is 0.0445 e. The summed E-state index contributed by atoms with van der Waals surface area (Å²) in [6, 6.07) is 0.497. The van der Waals surface area contributed by atoms with Gasteiger partial charge < -0.3 is 10.4 Å². The van der Waals surface area contributed by atoms with Gasteiger partial charge in [0.2, 0.25) is 0 Å². The second-order valence-corrected chi connectivity index (χ2v) is 5.28. The molecule has 90 valence electrons. The topological polar surface area (TPSA) is 32.3 Å². The molecule has 1 saturated carbocycles. The third-order valence-electron chi connectivity index (χ3n) is 3.64. The van der Waals surface area contributed by atoms with Crippen molar-refractivity contribution in [3.05, 3.63) is 0 Å². The molecular formula is C13H27NO. The molecule has 15 heavy (non-hydrogen) atoms. The van der Waals surface area contributed by atoms with Crippen molar-refractivity contribution in [1.82, 2.24) is 5.32 Å². The normalized spacial score (nSPS) is 20.8. The van der Waals surface area contributed by atoms with Gasteiger partial charge in [0.15, 0.2) is 0 Å². The lowest BCUT2D eigenvalue weighted by atomic mass is 9.88. The van der Waals surface area contributed by atoms with Crippen molar-refractivity contribution in [1.29, 1.82) is 0 Å². The number of rotatable bonds is 6. The van der Waals surface area contributed by atoms with Crippen LogP contribution in [0.2, 0.25) is 0 Å². The summed E-state index contributed by atoms with van der Waals surface area (Å²) in [5.74, 6) is 1.51. The molecule has 1 aliphatic carbocycles. The molecule has 0 bridgehead atoms. The Kier molecular flexibility index (Phi) is 6.26. The van der Waals surface area contributed by atoms with Gasteiger partial charge in [-0.15, -0.1) is 0 Å². The summed E-state index contributed by atoms with van der Waals surface area (Å²) in [6.07, 6.45) is 7.95. The highest BCUT2D eigenvalue weighted by molar-refractivity contribution is 4.74. The number of nitrogens with one attached hydrogen (secondary N) is 1. The Morgan fingerprint density at radius 2 is 1.87 bits per heavy atom. The van der Waals surface area contributed by atoms with E-state index in [-0.39, 0.29) is 0 Å². The Hall–Kier alpha value is -0.0800. The van der Waals surface area contributed by atoms with E-state index in [1.165, 1.54) is 32.1 Å². The minimum Gasteiger partial charge on any atom is -0.396 e. The number of hydrogen-bond donors (Lipinski definition) is 2. The maximum Gasteiger partial charge on any atom is 0.0445 e. The van der Waals surface area contributed by atoms with Crippen molar-refractivity contribution in [2.75, 3.05) is 13.2 Å². The van der Waals surface area contributed by atoms with E-state index >= 15 is 0 Å². The Labute approximate surface area is 94.5 Å². The van der Waals surface area contributed by atoms with Crippen molar-refractivity contribution < 1.29 is 5.11 Å². The van der Waals surface area contributed by atoms with Gasteiger partial charge in [0, 0.05) is 12.6 Å². The summed E-state index contributed by atoms with van der Waals surface area (Å²) in [5.41, 5.74) is 0. The van der Waals surface area contributed by atoms with E-state index in [1.54, 1.807) is 0 Å². The van der Waals surface area contributed by atoms with Crippen LogP contribution in [0.5, 0.6) is 0 Å². The second-order valence-electron chi connectivity index (χ2n) is 5.28. The highest BCUT2D eigenvalue weighted by Crippen LogP contribution is 2.23. The summed E-state index contributed by atoms with van der Waals surface area (Å²) in [7, 11) is 0. The standard InChI is InChI=1S/C13H27NO/c1-11(2)13(8-9-15)14-10-12-6-4-3-5-7-12/h11-15H,3-10H2,1-2H3. The summed E-state index contributed by atoms with van der Waals surface area (Å²) < 4.78 is 0. The van der Waals surface area contributed by atoms with Gasteiger partial charge in [-0.1, -0.05) is 33.1 Å². The number of aliphatic hydroxyl groups excluding tert-OH is 1. The molecule has 1 fully saturated rings. The van der Waals surface area contributed by atoms with E-state index in [1.807, 2.05) is 0 Å². The molecule has 1 rings (SSSR count). The summed E-state index contributed by atoms with van der Waals surface area (Å²) in [6.45, 7) is 5.92. The molecule has 0 aliphatic heterocycles. The first kappa shape index (κ1) is 13.0. The molecule has 1 unspecified atom stereocenters. The fraction of sp³-hybridized carbons (Fsp3) is 1.00. The van der Waals surface area contributed by atoms with E-state index in [0.29, 0.717) is 18.6 Å².